The lowest BCUT2D eigenvalue weighted by atomic mass is 10.1. The van der Waals surface area contributed by atoms with Gasteiger partial charge in [-0.05, 0) is 24.5 Å². The Hall–Kier alpha value is -0.750. The van der Waals surface area contributed by atoms with Crippen molar-refractivity contribution in [3.8, 4) is 0 Å². The molecule has 5 N–H and O–H groups in total. The first-order valence-electron chi connectivity index (χ1n) is 6.71. The number of hydrogen-bond donors (Lipinski definition) is 4. The summed E-state index contributed by atoms with van der Waals surface area (Å²) in [6.45, 7) is 5.36. The zero-order chi connectivity index (χ0) is 14.5. The molecule has 0 atom stereocenters. The number of nitrogens with one attached hydrogen (secondary N) is 1. The van der Waals surface area contributed by atoms with Crippen molar-refractivity contribution in [3.05, 3.63) is 29.8 Å². The van der Waals surface area contributed by atoms with Gasteiger partial charge in [-0.1, -0.05) is 44.9 Å². The number of hydrogen-bond acceptors (Lipinski definition) is 5. The highest BCUT2D eigenvalue weighted by atomic mass is 32.2. The maximum Gasteiger partial charge on any atom is 0.152 e. The minimum atomic E-state index is -0.250. The molecule has 0 amide bonds. The van der Waals surface area contributed by atoms with Crippen molar-refractivity contribution in [3.63, 3.8) is 0 Å². The highest BCUT2D eigenvalue weighted by molar-refractivity contribution is 7.87. The van der Waals surface area contributed by atoms with Crippen LogP contribution in [-0.4, -0.2) is 15.1 Å². The zero-order valence-corrected chi connectivity index (χ0v) is 12.6. The number of nitrogens with two attached hydrogens (primary N) is 1. The van der Waals surface area contributed by atoms with Crippen molar-refractivity contribution >= 4 is 18.0 Å². The van der Waals surface area contributed by atoms with Gasteiger partial charge in [-0.3, -0.25) is 0 Å². The van der Waals surface area contributed by atoms with Crippen molar-refractivity contribution in [2.75, 3.05) is 5.73 Å². The van der Waals surface area contributed by atoms with Gasteiger partial charge < -0.3 is 20.2 Å². The summed E-state index contributed by atoms with van der Waals surface area (Å²) in [6.07, 6.45) is 4.98. The van der Waals surface area contributed by atoms with E-state index < -0.39 is 0 Å². The molecule has 110 valence electrons. The molecule has 0 fully saturated rings. The Bertz CT molecular complexity index is 318. The second kappa shape index (κ2) is 12.3. The van der Waals surface area contributed by atoms with Gasteiger partial charge in [-0.2, -0.15) is 0 Å². The fourth-order valence-corrected chi connectivity index (χ4v) is 1.99. The highest BCUT2D eigenvalue weighted by Gasteiger charge is 2.06. The van der Waals surface area contributed by atoms with Crippen molar-refractivity contribution in [2.24, 2.45) is 0 Å². The van der Waals surface area contributed by atoms with E-state index in [1.807, 2.05) is 18.2 Å². The minimum Gasteiger partial charge on any atom is -0.398 e. The van der Waals surface area contributed by atoms with Crippen LogP contribution in [0.15, 0.2) is 24.3 Å². The van der Waals surface area contributed by atoms with Crippen molar-refractivity contribution in [2.45, 2.75) is 52.1 Å². The second-order valence-corrected chi connectivity index (χ2v) is 4.60. The Morgan fingerprint density at radius 2 is 1.68 bits per heavy atom. The smallest absolute Gasteiger partial charge is 0.152 e. The van der Waals surface area contributed by atoms with Crippen molar-refractivity contribution in [1.29, 1.82) is 0 Å². The molecule has 4 nitrogen and oxygen atoms in total. The quantitative estimate of drug-likeness (QED) is 0.450. The van der Waals surface area contributed by atoms with E-state index in [1.54, 1.807) is 0 Å². The minimum absolute atomic E-state index is 0.250. The lowest BCUT2D eigenvalue weighted by molar-refractivity contribution is 0.443. The zero-order valence-electron chi connectivity index (χ0n) is 11.8. The average molecular weight is 286 g/mol. The number of nitrogen functional groups attached to an aromatic ring is 1. The van der Waals surface area contributed by atoms with Crippen LogP contribution < -0.4 is 11.1 Å². The highest BCUT2D eigenvalue weighted by Crippen LogP contribution is 2.12. The molecule has 0 radical (unpaired) electrons. The fourth-order valence-electron chi connectivity index (χ4n) is 1.99. The van der Waals surface area contributed by atoms with Crippen LogP contribution in [0.25, 0.3) is 0 Å². The lowest BCUT2D eigenvalue weighted by Gasteiger charge is -2.18. The van der Waals surface area contributed by atoms with Gasteiger partial charge in [0.05, 0.1) is 0 Å². The summed E-state index contributed by atoms with van der Waals surface area (Å²) in [5, 5.41) is 3.60. The molecule has 1 aromatic rings. The molecule has 1 aromatic carbocycles. The summed E-state index contributed by atoms with van der Waals surface area (Å²) in [5.74, 6) is 0. The molecule has 0 bridgehead atoms. The van der Waals surface area contributed by atoms with Gasteiger partial charge in [0.1, 0.15) is 0 Å². The second-order valence-electron chi connectivity index (χ2n) is 4.44. The Morgan fingerprint density at radius 1 is 1.16 bits per heavy atom. The van der Waals surface area contributed by atoms with Gasteiger partial charge in [0.2, 0.25) is 0 Å². The molecule has 0 saturated carbocycles. The molecule has 1 rings (SSSR count). The standard InChI is InChI=1S/C14H24N2.H2O2S/c1-3-7-13(8-4-2)16-11-12-9-5-6-10-14(12)15;1-3-2/h5-6,9-10,13,16H,3-4,7-8,11,15H2,1-2H3;1-2H. The maximum atomic E-state index is 7.04. The molecule has 0 heterocycles. The monoisotopic (exact) mass is 286 g/mol. The molecular weight excluding hydrogens is 260 g/mol. The molecule has 0 saturated heterocycles. The lowest BCUT2D eigenvalue weighted by Crippen LogP contribution is -2.28. The van der Waals surface area contributed by atoms with E-state index in [1.165, 1.54) is 31.2 Å². The van der Waals surface area contributed by atoms with Gasteiger partial charge in [-0.15, -0.1) is 0 Å². The van der Waals surface area contributed by atoms with E-state index in [4.69, 9.17) is 14.8 Å². The van der Waals surface area contributed by atoms with Crippen LogP contribution in [0.5, 0.6) is 0 Å². The Kier molecular flexibility index (Phi) is 11.8. The van der Waals surface area contributed by atoms with Crippen LogP contribution in [0, 0.1) is 0 Å². The van der Waals surface area contributed by atoms with Crippen LogP contribution in [-0.2, 0) is 6.54 Å². The SMILES string of the molecule is CCCC(CCC)NCc1ccccc1N.OSO. The third-order valence-electron chi connectivity index (χ3n) is 2.91. The van der Waals surface area contributed by atoms with E-state index in [0.717, 1.165) is 12.2 Å². The van der Waals surface area contributed by atoms with Crippen molar-refractivity contribution < 1.29 is 9.11 Å². The van der Waals surface area contributed by atoms with Crippen LogP contribution >= 0.6 is 12.3 Å². The summed E-state index contributed by atoms with van der Waals surface area (Å²) in [5.41, 5.74) is 8.01. The average Bonchev–Trinajstić information content (AvgIpc) is 2.39. The topological polar surface area (TPSA) is 78.5 Å². The molecular formula is C14H26N2O2S. The summed E-state index contributed by atoms with van der Waals surface area (Å²) >= 11 is -0.250. The van der Waals surface area contributed by atoms with E-state index in [2.05, 4.69) is 25.2 Å². The first-order chi connectivity index (χ1) is 9.19. The Morgan fingerprint density at radius 3 is 2.16 bits per heavy atom. The molecule has 0 spiro atoms. The van der Waals surface area contributed by atoms with Gasteiger partial charge in [0.15, 0.2) is 12.3 Å². The predicted octanol–water partition coefficient (Wildman–Crippen LogP) is 3.99. The molecule has 0 aliphatic carbocycles. The van der Waals surface area contributed by atoms with Crippen LogP contribution in [0.4, 0.5) is 5.69 Å². The van der Waals surface area contributed by atoms with E-state index in [-0.39, 0.29) is 12.3 Å². The molecule has 0 aliphatic rings. The largest absolute Gasteiger partial charge is 0.398 e. The number of rotatable bonds is 7. The maximum absolute atomic E-state index is 7.04. The summed E-state index contributed by atoms with van der Waals surface area (Å²) in [6, 6.07) is 8.72. The Labute approximate surface area is 120 Å². The van der Waals surface area contributed by atoms with Gasteiger partial charge >= 0.3 is 0 Å². The summed E-state index contributed by atoms with van der Waals surface area (Å²) in [4.78, 5) is 0. The molecule has 5 heteroatoms. The van der Waals surface area contributed by atoms with Crippen molar-refractivity contribution in [1.82, 2.24) is 5.32 Å². The summed E-state index contributed by atoms with van der Waals surface area (Å²) in [7, 11) is 0. The van der Waals surface area contributed by atoms with Crippen LogP contribution in [0.2, 0.25) is 0 Å². The first kappa shape index (κ1) is 18.2. The molecule has 19 heavy (non-hydrogen) atoms. The molecule has 0 aromatic heterocycles. The van der Waals surface area contributed by atoms with E-state index in [9.17, 15) is 0 Å². The van der Waals surface area contributed by atoms with Crippen LogP contribution in [0.1, 0.15) is 45.1 Å². The normalized spacial score (nSPS) is 10.2. The van der Waals surface area contributed by atoms with Gasteiger partial charge in [-0.25, -0.2) is 0 Å². The Balaban J connectivity index is 0.000000982. The third kappa shape index (κ3) is 8.88. The van der Waals surface area contributed by atoms with E-state index >= 15 is 0 Å². The predicted molar refractivity (Wildman–Crippen MR) is 84.1 cm³/mol. The molecule has 0 unspecified atom stereocenters. The van der Waals surface area contributed by atoms with Gasteiger partial charge in [0.25, 0.3) is 0 Å². The van der Waals surface area contributed by atoms with Gasteiger partial charge in [0, 0.05) is 18.3 Å². The first-order valence-corrected chi connectivity index (χ1v) is 7.44. The number of benzene rings is 1. The summed E-state index contributed by atoms with van der Waals surface area (Å²) < 4.78 is 14.1. The fraction of sp³-hybridized carbons (Fsp3) is 0.571. The molecule has 0 aliphatic heterocycles. The van der Waals surface area contributed by atoms with E-state index in [0.29, 0.717) is 6.04 Å². The number of anilines is 1. The number of para-hydroxylation sites is 1. The third-order valence-corrected chi connectivity index (χ3v) is 2.91. The van der Waals surface area contributed by atoms with Crippen LogP contribution in [0.3, 0.4) is 0 Å².